The number of sulfone groups is 1. The average Bonchev–Trinajstić information content (AvgIpc) is 3.02. The van der Waals surface area contributed by atoms with Gasteiger partial charge in [0, 0.05) is 0 Å². The van der Waals surface area contributed by atoms with Gasteiger partial charge in [0.25, 0.3) is 0 Å². The lowest BCUT2D eigenvalue weighted by atomic mass is 10.2. The quantitative estimate of drug-likeness (QED) is 0.0968. The predicted molar refractivity (Wildman–Crippen MR) is 180 cm³/mol. The second-order valence-electron chi connectivity index (χ2n) is 11.6. The molecule has 45 heavy (non-hydrogen) atoms. The summed E-state index contributed by atoms with van der Waals surface area (Å²) in [5, 5.41) is 21.6. The number of ether oxygens (including phenoxy) is 4. The van der Waals surface area contributed by atoms with Crippen LogP contribution in [0.1, 0.15) is 130 Å². The minimum atomic E-state index is -4.28. The van der Waals surface area contributed by atoms with Crippen molar-refractivity contribution in [1.29, 1.82) is 0 Å². The van der Waals surface area contributed by atoms with E-state index in [0.29, 0.717) is 13.2 Å². The Balaban J connectivity index is 2.56. The maximum absolute atomic E-state index is 14.5. The summed E-state index contributed by atoms with van der Waals surface area (Å²) in [6.45, 7) is 9.70. The van der Waals surface area contributed by atoms with Crippen LogP contribution in [0.2, 0.25) is 0 Å². The first-order valence-corrected chi connectivity index (χ1v) is 18.8. The second kappa shape index (κ2) is 21.8. The van der Waals surface area contributed by atoms with Gasteiger partial charge in [-0.3, -0.25) is 0 Å². The molecule has 2 N–H and O–H groups in total. The third-order valence-corrected chi connectivity index (χ3v) is 9.47. The SMILES string of the molecule is CCCCCCOc1c(O)ccc(S(=O)(=O)c2ccc(O)c(OCCCCCC)c2OCCCCCC)c1OCCCCCC. The van der Waals surface area contributed by atoms with Crippen molar-refractivity contribution < 1.29 is 37.6 Å². The molecule has 0 atom stereocenters. The Hall–Kier alpha value is -2.81. The van der Waals surface area contributed by atoms with Crippen molar-refractivity contribution in [2.75, 3.05) is 26.4 Å². The first-order chi connectivity index (χ1) is 21.8. The molecule has 0 aromatic heterocycles. The topological polar surface area (TPSA) is 112 Å². The Morgan fingerprint density at radius 2 is 0.733 bits per heavy atom. The molecule has 0 unspecified atom stereocenters. The van der Waals surface area contributed by atoms with Crippen molar-refractivity contribution in [3.8, 4) is 34.5 Å². The van der Waals surface area contributed by atoms with Gasteiger partial charge in [-0.2, -0.15) is 0 Å². The van der Waals surface area contributed by atoms with Crippen molar-refractivity contribution in [2.24, 2.45) is 0 Å². The van der Waals surface area contributed by atoms with Gasteiger partial charge in [0.05, 0.1) is 26.4 Å². The van der Waals surface area contributed by atoms with Crippen LogP contribution in [0, 0.1) is 0 Å². The zero-order valence-electron chi connectivity index (χ0n) is 28.2. The van der Waals surface area contributed by atoms with Crippen molar-refractivity contribution in [3.05, 3.63) is 24.3 Å². The molecule has 0 aliphatic heterocycles. The molecule has 0 saturated heterocycles. The zero-order chi connectivity index (χ0) is 32.9. The summed E-state index contributed by atoms with van der Waals surface area (Å²) in [6, 6.07) is 5.35. The summed E-state index contributed by atoms with van der Waals surface area (Å²) in [5.74, 6) is -0.325. The van der Waals surface area contributed by atoms with Gasteiger partial charge in [-0.1, -0.05) is 105 Å². The van der Waals surface area contributed by atoms with Crippen molar-refractivity contribution in [1.82, 2.24) is 0 Å². The van der Waals surface area contributed by atoms with Crippen LogP contribution in [-0.2, 0) is 9.84 Å². The normalized spacial score (nSPS) is 11.5. The van der Waals surface area contributed by atoms with Crippen LogP contribution in [0.4, 0.5) is 0 Å². The standard InChI is InChI=1S/C36H58O8S/c1-5-9-13-17-25-41-33-29(37)21-23-31(35(33)43-27-19-15-11-7-3)45(39,40)32-24-22-30(38)34(42-26-18-14-10-6-2)36(32)44-28-20-16-12-8-4/h21-24,37-38H,5-20,25-28H2,1-4H3. The van der Waals surface area contributed by atoms with Crippen LogP contribution in [0.25, 0.3) is 0 Å². The molecule has 9 heteroatoms. The molecule has 0 heterocycles. The molecule has 0 spiro atoms. The summed E-state index contributed by atoms with van der Waals surface area (Å²) in [4.78, 5) is -0.260. The van der Waals surface area contributed by atoms with E-state index in [0.717, 1.165) is 103 Å². The van der Waals surface area contributed by atoms with Crippen LogP contribution >= 0.6 is 0 Å². The molecule has 2 aromatic carbocycles. The lowest BCUT2D eigenvalue weighted by Crippen LogP contribution is -2.12. The van der Waals surface area contributed by atoms with Crippen LogP contribution < -0.4 is 18.9 Å². The minimum absolute atomic E-state index is 0.00834. The van der Waals surface area contributed by atoms with Gasteiger partial charge in [0.15, 0.2) is 23.0 Å². The first kappa shape index (κ1) is 38.4. The highest BCUT2D eigenvalue weighted by Gasteiger charge is 2.32. The van der Waals surface area contributed by atoms with Crippen LogP contribution in [0.5, 0.6) is 34.5 Å². The Kier molecular flexibility index (Phi) is 18.6. The fourth-order valence-electron chi connectivity index (χ4n) is 4.97. The van der Waals surface area contributed by atoms with E-state index in [2.05, 4.69) is 27.7 Å². The second-order valence-corrected chi connectivity index (χ2v) is 13.5. The smallest absolute Gasteiger partial charge is 0.214 e. The lowest BCUT2D eigenvalue weighted by molar-refractivity contribution is 0.242. The molecule has 256 valence electrons. The highest BCUT2D eigenvalue weighted by molar-refractivity contribution is 7.91. The molecule has 0 radical (unpaired) electrons. The van der Waals surface area contributed by atoms with E-state index in [4.69, 9.17) is 18.9 Å². The molecule has 0 aliphatic carbocycles. The number of aromatic hydroxyl groups is 2. The summed E-state index contributed by atoms with van der Waals surface area (Å²) in [6.07, 6.45) is 15.3. The molecule has 2 rings (SSSR count). The molecule has 0 aliphatic rings. The van der Waals surface area contributed by atoms with Crippen molar-refractivity contribution >= 4 is 9.84 Å². The Morgan fingerprint density at radius 1 is 0.444 bits per heavy atom. The molecule has 0 amide bonds. The number of hydrogen-bond acceptors (Lipinski definition) is 8. The summed E-state index contributed by atoms with van der Waals surface area (Å²) in [7, 11) is -4.28. The minimum Gasteiger partial charge on any atom is -0.504 e. The molecular formula is C36H58O8S. The van der Waals surface area contributed by atoms with E-state index < -0.39 is 9.84 Å². The number of unbranched alkanes of at least 4 members (excludes halogenated alkanes) is 12. The third-order valence-electron chi connectivity index (χ3n) is 7.67. The molecule has 2 aromatic rings. The number of benzene rings is 2. The highest BCUT2D eigenvalue weighted by atomic mass is 32.2. The van der Waals surface area contributed by atoms with Gasteiger partial charge >= 0.3 is 0 Å². The van der Waals surface area contributed by atoms with E-state index in [1.54, 1.807) is 0 Å². The summed E-state index contributed by atoms with van der Waals surface area (Å²) < 4.78 is 53.2. The number of rotatable bonds is 26. The molecule has 0 saturated carbocycles. The van der Waals surface area contributed by atoms with Crippen molar-refractivity contribution in [2.45, 2.75) is 140 Å². The lowest BCUT2D eigenvalue weighted by Gasteiger charge is -2.20. The van der Waals surface area contributed by atoms with Gasteiger partial charge in [-0.05, 0) is 49.9 Å². The van der Waals surface area contributed by atoms with E-state index >= 15 is 0 Å². The number of phenolic OH excluding ortho intramolecular Hbond substituents is 2. The largest absolute Gasteiger partial charge is 0.504 e. The highest BCUT2D eigenvalue weighted by Crippen LogP contribution is 2.48. The van der Waals surface area contributed by atoms with Gasteiger partial charge in [-0.25, -0.2) is 8.42 Å². The van der Waals surface area contributed by atoms with Gasteiger partial charge < -0.3 is 29.2 Å². The molecule has 0 fully saturated rings. The third kappa shape index (κ3) is 12.5. The van der Waals surface area contributed by atoms with Crippen LogP contribution in [-0.4, -0.2) is 45.1 Å². The van der Waals surface area contributed by atoms with E-state index in [1.807, 2.05) is 0 Å². The van der Waals surface area contributed by atoms with Crippen LogP contribution in [0.15, 0.2) is 34.1 Å². The Morgan fingerprint density at radius 3 is 1.02 bits per heavy atom. The molecular weight excluding hydrogens is 592 g/mol. The monoisotopic (exact) mass is 650 g/mol. The number of phenols is 2. The predicted octanol–water partition coefficient (Wildman–Crippen LogP) is 9.77. The molecule has 0 bridgehead atoms. The van der Waals surface area contributed by atoms with Gasteiger partial charge in [-0.15, -0.1) is 0 Å². The Labute approximate surface area is 272 Å². The maximum Gasteiger partial charge on any atom is 0.214 e. The maximum atomic E-state index is 14.5. The summed E-state index contributed by atoms with van der Waals surface area (Å²) in [5.41, 5.74) is 0. The van der Waals surface area contributed by atoms with E-state index in [-0.39, 0.29) is 57.5 Å². The van der Waals surface area contributed by atoms with E-state index in [1.165, 1.54) is 24.3 Å². The first-order valence-electron chi connectivity index (χ1n) is 17.3. The number of hydrogen-bond donors (Lipinski definition) is 2. The fourth-order valence-corrected chi connectivity index (χ4v) is 6.50. The fraction of sp³-hybridized carbons (Fsp3) is 0.667. The zero-order valence-corrected chi connectivity index (χ0v) is 29.0. The summed E-state index contributed by atoms with van der Waals surface area (Å²) >= 11 is 0. The molecule has 8 nitrogen and oxygen atoms in total. The van der Waals surface area contributed by atoms with Gasteiger partial charge in [0.1, 0.15) is 9.79 Å². The van der Waals surface area contributed by atoms with Gasteiger partial charge in [0.2, 0.25) is 21.3 Å². The average molecular weight is 651 g/mol. The van der Waals surface area contributed by atoms with E-state index in [9.17, 15) is 18.6 Å². The Bertz CT molecular complexity index is 1120. The van der Waals surface area contributed by atoms with Crippen LogP contribution in [0.3, 0.4) is 0 Å². The van der Waals surface area contributed by atoms with Crippen molar-refractivity contribution in [3.63, 3.8) is 0 Å².